The molecule has 1 spiro atoms. The molecular formula is C12H13IO2. The third kappa shape index (κ3) is 0.797. The van der Waals surface area contributed by atoms with Gasteiger partial charge in [0.05, 0.1) is 5.92 Å². The van der Waals surface area contributed by atoms with Crippen LogP contribution in [0.25, 0.3) is 0 Å². The molecule has 2 saturated carbocycles. The fourth-order valence-electron chi connectivity index (χ4n) is 4.53. The van der Waals surface area contributed by atoms with Gasteiger partial charge in [-0.05, 0) is 36.5 Å². The van der Waals surface area contributed by atoms with Crippen molar-refractivity contribution < 1.29 is 9.53 Å². The first-order chi connectivity index (χ1) is 7.20. The van der Waals surface area contributed by atoms with Crippen LogP contribution in [0.5, 0.6) is 0 Å². The molecule has 0 unspecified atom stereocenters. The van der Waals surface area contributed by atoms with Gasteiger partial charge in [-0.25, -0.2) is 0 Å². The predicted molar refractivity (Wildman–Crippen MR) is 63.7 cm³/mol. The summed E-state index contributed by atoms with van der Waals surface area (Å²) in [4.78, 5) is 11.9. The van der Waals surface area contributed by atoms with Crippen LogP contribution < -0.4 is 0 Å². The van der Waals surface area contributed by atoms with Crippen molar-refractivity contribution >= 4 is 28.6 Å². The first-order valence-electron chi connectivity index (χ1n) is 5.69. The molecule has 2 nitrogen and oxygen atoms in total. The van der Waals surface area contributed by atoms with E-state index in [-0.39, 0.29) is 18.0 Å². The highest BCUT2D eigenvalue weighted by Gasteiger charge is 2.83. The molecule has 0 aromatic carbocycles. The molecule has 2 bridgehead atoms. The van der Waals surface area contributed by atoms with Crippen molar-refractivity contribution in [1.29, 1.82) is 0 Å². The summed E-state index contributed by atoms with van der Waals surface area (Å²) in [7, 11) is 0. The van der Waals surface area contributed by atoms with Crippen molar-refractivity contribution in [2.24, 2.45) is 16.7 Å². The molecule has 1 saturated heterocycles. The monoisotopic (exact) mass is 316 g/mol. The minimum Gasteiger partial charge on any atom is -0.461 e. The van der Waals surface area contributed by atoms with Crippen LogP contribution in [-0.4, -0.2) is 16.0 Å². The molecule has 0 radical (unpaired) electrons. The smallest absolute Gasteiger partial charge is 0.310 e. The van der Waals surface area contributed by atoms with Crippen LogP contribution in [0.15, 0.2) is 12.2 Å². The number of carbonyl (C=O) groups excluding carboxylic acids is 1. The van der Waals surface area contributed by atoms with E-state index < -0.39 is 0 Å². The number of halogens is 1. The first kappa shape index (κ1) is 9.02. The third-order valence-electron chi connectivity index (χ3n) is 5.18. The van der Waals surface area contributed by atoms with E-state index in [0.717, 1.165) is 19.3 Å². The third-order valence-corrected chi connectivity index (χ3v) is 6.42. The van der Waals surface area contributed by atoms with E-state index in [1.165, 1.54) is 6.42 Å². The Morgan fingerprint density at radius 3 is 2.67 bits per heavy atom. The Labute approximate surface area is 103 Å². The van der Waals surface area contributed by atoms with Crippen molar-refractivity contribution in [2.75, 3.05) is 0 Å². The molecule has 80 valence electrons. The Morgan fingerprint density at radius 2 is 1.93 bits per heavy atom. The second-order valence-electron chi connectivity index (χ2n) is 5.52. The van der Waals surface area contributed by atoms with E-state index in [2.05, 4.69) is 34.7 Å². The molecule has 0 N–H and O–H groups in total. The van der Waals surface area contributed by atoms with E-state index in [4.69, 9.17) is 4.74 Å². The Bertz CT molecular complexity index is 391. The van der Waals surface area contributed by atoms with Gasteiger partial charge in [0.2, 0.25) is 0 Å². The van der Waals surface area contributed by atoms with Crippen LogP contribution in [0.3, 0.4) is 0 Å². The summed E-state index contributed by atoms with van der Waals surface area (Å²) in [6.07, 6.45) is 9.31. The molecule has 0 amide bonds. The van der Waals surface area contributed by atoms with Crippen molar-refractivity contribution in [3.63, 3.8) is 0 Å². The van der Waals surface area contributed by atoms with Gasteiger partial charge < -0.3 is 4.74 Å². The minimum atomic E-state index is 0.106. The lowest BCUT2D eigenvalue weighted by molar-refractivity contribution is -0.157. The molecule has 0 aromatic rings. The molecule has 0 aromatic heterocycles. The van der Waals surface area contributed by atoms with E-state index >= 15 is 0 Å². The van der Waals surface area contributed by atoms with Gasteiger partial charge in [0.15, 0.2) is 0 Å². The summed E-state index contributed by atoms with van der Waals surface area (Å²) in [5, 5.41) is 0. The molecular weight excluding hydrogens is 303 g/mol. The van der Waals surface area contributed by atoms with Crippen molar-refractivity contribution in [3.8, 4) is 0 Å². The van der Waals surface area contributed by atoms with Crippen LogP contribution in [-0.2, 0) is 9.53 Å². The number of fused-ring (bicyclic) bond motifs is 1. The number of hydrogen-bond acceptors (Lipinski definition) is 2. The average Bonchev–Trinajstić information content (AvgIpc) is 2.83. The molecule has 15 heavy (non-hydrogen) atoms. The molecule has 1 heterocycles. The SMILES string of the molecule is O=C1O[C@H]2C[C@@]34CC=CC[C@@]3(C[C@H]2I)[C@@H]14. The number of rotatable bonds is 0. The number of alkyl halides is 1. The highest BCUT2D eigenvalue weighted by Crippen LogP contribution is 2.82. The summed E-state index contributed by atoms with van der Waals surface area (Å²) in [6, 6.07) is 0. The Balaban J connectivity index is 1.87. The number of carbonyl (C=O) groups is 1. The quantitative estimate of drug-likeness (QED) is 0.297. The standard InChI is InChI=1S/C12H13IO2/c13-7-5-11-3-1-2-4-12(11)6-8(7)15-10(14)9(11)12/h1-2,7-9H,3-6H2/t7-,8+,9-,11-,12-/m1/s1. The Hall–Kier alpha value is -0.0600. The molecule has 4 aliphatic rings. The summed E-state index contributed by atoms with van der Waals surface area (Å²) in [6.45, 7) is 0. The fourth-order valence-corrected chi connectivity index (χ4v) is 5.71. The highest BCUT2D eigenvalue weighted by molar-refractivity contribution is 14.1. The number of ether oxygens (including phenoxy) is 1. The lowest BCUT2D eigenvalue weighted by Gasteiger charge is -2.39. The normalized spacial score (nSPS) is 59.5. The van der Waals surface area contributed by atoms with Gasteiger partial charge in [0.1, 0.15) is 6.10 Å². The number of allylic oxidation sites excluding steroid dienone is 2. The van der Waals surface area contributed by atoms with Crippen molar-refractivity contribution in [2.45, 2.75) is 35.7 Å². The van der Waals surface area contributed by atoms with Crippen LogP contribution in [0, 0.1) is 16.7 Å². The number of esters is 1. The van der Waals surface area contributed by atoms with Crippen LogP contribution in [0.2, 0.25) is 0 Å². The van der Waals surface area contributed by atoms with Crippen molar-refractivity contribution in [1.82, 2.24) is 0 Å². The Morgan fingerprint density at radius 1 is 1.27 bits per heavy atom. The molecule has 4 rings (SSSR count). The zero-order valence-corrected chi connectivity index (χ0v) is 10.6. The maximum absolute atomic E-state index is 11.9. The summed E-state index contributed by atoms with van der Waals surface area (Å²) in [5.74, 6) is 0.338. The second kappa shape index (κ2) is 2.44. The number of hydrogen-bond donors (Lipinski definition) is 0. The van der Waals surface area contributed by atoms with Crippen LogP contribution >= 0.6 is 22.6 Å². The lowest BCUT2D eigenvalue weighted by atomic mass is 9.72. The van der Waals surface area contributed by atoms with Gasteiger partial charge in [-0.1, -0.05) is 34.7 Å². The van der Waals surface area contributed by atoms with Gasteiger partial charge in [0, 0.05) is 3.92 Å². The molecule has 3 fully saturated rings. The summed E-state index contributed by atoms with van der Waals surface area (Å²) >= 11 is 2.48. The summed E-state index contributed by atoms with van der Waals surface area (Å²) < 4.78 is 6.09. The highest BCUT2D eigenvalue weighted by atomic mass is 127. The maximum atomic E-state index is 11.9. The van der Waals surface area contributed by atoms with Gasteiger partial charge in [-0.2, -0.15) is 0 Å². The minimum absolute atomic E-state index is 0.106. The van der Waals surface area contributed by atoms with Crippen molar-refractivity contribution in [3.05, 3.63) is 12.2 Å². The lowest BCUT2D eigenvalue weighted by Crippen LogP contribution is -2.40. The van der Waals surface area contributed by atoms with Gasteiger partial charge in [0.25, 0.3) is 0 Å². The van der Waals surface area contributed by atoms with Gasteiger partial charge in [-0.3, -0.25) is 4.79 Å². The van der Waals surface area contributed by atoms with Gasteiger partial charge in [-0.15, -0.1) is 0 Å². The molecule has 3 aliphatic carbocycles. The van der Waals surface area contributed by atoms with E-state index in [1.807, 2.05) is 0 Å². The Kier molecular flexibility index (Phi) is 1.47. The van der Waals surface area contributed by atoms with Crippen LogP contribution in [0.1, 0.15) is 25.7 Å². The zero-order chi connectivity index (χ0) is 10.3. The largest absolute Gasteiger partial charge is 0.461 e. The first-order valence-corrected chi connectivity index (χ1v) is 6.94. The topological polar surface area (TPSA) is 26.3 Å². The molecule has 5 atom stereocenters. The van der Waals surface area contributed by atoms with Crippen LogP contribution in [0.4, 0.5) is 0 Å². The maximum Gasteiger partial charge on any atom is 0.310 e. The van der Waals surface area contributed by atoms with E-state index in [1.54, 1.807) is 0 Å². The average molecular weight is 316 g/mol. The molecule has 3 heteroatoms. The predicted octanol–water partition coefficient (Wildman–Crippen LogP) is 2.46. The second-order valence-corrected chi connectivity index (χ2v) is 7.12. The summed E-state index contributed by atoms with van der Waals surface area (Å²) in [5.41, 5.74) is 0.626. The van der Waals surface area contributed by atoms with E-state index in [9.17, 15) is 4.79 Å². The molecule has 1 aliphatic heterocycles. The van der Waals surface area contributed by atoms with E-state index in [0.29, 0.717) is 14.8 Å². The fraction of sp³-hybridized carbons (Fsp3) is 0.750. The van der Waals surface area contributed by atoms with Gasteiger partial charge >= 0.3 is 5.97 Å². The zero-order valence-electron chi connectivity index (χ0n) is 8.41.